The lowest BCUT2D eigenvalue weighted by Crippen LogP contribution is -2.47. The van der Waals surface area contributed by atoms with Crippen molar-refractivity contribution in [3.63, 3.8) is 0 Å². The van der Waals surface area contributed by atoms with Crippen LogP contribution in [0.5, 0.6) is 11.5 Å². The highest BCUT2D eigenvalue weighted by Gasteiger charge is 2.37. The van der Waals surface area contributed by atoms with Crippen LogP contribution in [-0.2, 0) is 14.3 Å². The number of methoxy groups -OCH3 is 2. The predicted molar refractivity (Wildman–Crippen MR) is 99.0 cm³/mol. The molecule has 1 fully saturated rings. The van der Waals surface area contributed by atoms with Gasteiger partial charge in [0, 0.05) is 25.3 Å². The Hall–Kier alpha value is -1.99. The maximum absolute atomic E-state index is 12.7. The summed E-state index contributed by atoms with van der Waals surface area (Å²) in [4.78, 5) is 25.2. The molecule has 1 aromatic carbocycles. The van der Waals surface area contributed by atoms with Gasteiger partial charge in [0.2, 0.25) is 11.8 Å². The van der Waals surface area contributed by atoms with E-state index in [9.17, 15) is 9.59 Å². The van der Waals surface area contributed by atoms with Crippen molar-refractivity contribution in [3.05, 3.63) is 17.2 Å². The average molecular weight is 385 g/mol. The summed E-state index contributed by atoms with van der Waals surface area (Å²) in [6.07, 6.45) is 1.91. The first-order valence-electron chi connectivity index (χ1n) is 8.42. The summed E-state index contributed by atoms with van der Waals surface area (Å²) in [5.74, 6) is -0.0708. The topological polar surface area (TPSA) is 85.9 Å². The van der Waals surface area contributed by atoms with Crippen LogP contribution in [0.1, 0.15) is 26.7 Å². The zero-order valence-electron chi connectivity index (χ0n) is 15.5. The Kier molecular flexibility index (Phi) is 6.72. The van der Waals surface area contributed by atoms with Crippen LogP contribution in [0.3, 0.4) is 0 Å². The molecule has 1 saturated heterocycles. The van der Waals surface area contributed by atoms with Gasteiger partial charge in [0.1, 0.15) is 16.9 Å². The van der Waals surface area contributed by atoms with Crippen LogP contribution in [0, 0.1) is 5.41 Å². The molecule has 1 aliphatic heterocycles. The zero-order valence-corrected chi connectivity index (χ0v) is 16.2. The van der Waals surface area contributed by atoms with Crippen molar-refractivity contribution in [3.8, 4) is 11.5 Å². The number of carbonyl (C=O) groups is 2. The molecule has 1 atom stereocenters. The van der Waals surface area contributed by atoms with Gasteiger partial charge in [-0.15, -0.1) is 0 Å². The Morgan fingerprint density at radius 1 is 1.23 bits per heavy atom. The Bertz CT molecular complexity index is 672. The average Bonchev–Trinajstić information content (AvgIpc) is 3.13. The summed E-state index contributed by atoms with van der Waals surface area (Å²) in [7, 11) is 2.94. The monoisotopic (exact) mass is 384 g/mol. The third-order valence-corrected chi connectivity index (χ3v) is 4.67. The molecule has 2 rings (SSSR count). The molecule has 1 unspecified atom stereocenters. The molecule has 1 aromatic rings. The van der Waals surface area contributed by atoms with E-state index in [0.717, 1.165) is 12.8 Å². The van der Waals surface area contributed by atoms with E-state index in [1.165, 1.54) is 14.2 Å². The molecule has 0 saturated carbocycles. The van der Waals surface area contributed by atoms with Gasteiger partial charge < -0.3 is 24.8 Å². The number of ether oxygens (including phenoxy) is 3. The van der Waals surface area contributed by atoms with E-state index in [2.05, 4.69) is 10.6 Å². The molecule has 26 heavy (non-hydrogen) atoms. The van der Waals surface area contributed by atoms with Crippen LogP contribution < -0.4 is 20.1 Å². The molecule has 2 amide bonds. The van der Waals surface area contributed by atoms with Gasteiger partial charge in [-0.3, -0.25) is 9.59 Å². The summed E-state index contributed by atoms with van der Waals surface area (Å²) < 4.78 is 15.9. The summed E-state index contributed by atoms with van der Waals surface area (Å²) in [6, 6.07) is 3.10. The summed E-state index contributed by atoms with van der Waals surface area (Å²) in [5, 5.41) is 5.87. The van der Waals surface area contributed by atoms with Gasteiger partial charge in [-0.1, -0.05) is 11.6 Å². The van der Waals surface area contributed by atoms with Crippen molar-refractivity contribution in [2.75, 3.05) is 32.7 Å². The van der Waals surface area contributed by atoms with Gasteiger partial charge in [-0.05, 0) is 26.7 Å². The standard InChI is InChI=1S/C18H25ClN2O5/c1-18(2,16(22)20-10-11-6-5-7-26-11)17(23)21-13-9-14(24-3)12(19)8-15(13)25-4/h8-9,11H,5-7,10H2,1-4H3,(H,20,22)(H,21,23). The Labute approximate surface area is 158 Å². The number of amides is 2. The fourth-order valence-corrected chi connectivity index (χ4v) is 2.80. The molecule has 0 aliphatic carbocycles. The molecule has 1 heterocycles. The summed E-state index contributed by atoms with van der Waals surface area (Å²) in [5.41, 5.74) is -0.907. The molecule has 0 spiro atoms. The molecule has 2 N–H and O–H groups in total. The maximum Gasteiger partial charge on any atom is 0.239 e. The molecular weight excluding hydrogens is 360 g/mol. The van der Waals surface area contributed by atoms with Gasteiger partial charge in [0.25, 0.3) is 0 Å². The number of rotatable bonds is 7. The van der Waals surface area contributed by atoms with Crippen LogP contribution in [0.4, 0.5) is 5.69 Å². The minimum atomic E-state index is -1.28. The number of anilines is 1. The third kappa shape index (κ3) is 4.59. The third-order valence-electron chi connectivity index (χ3n) is 4.37. The Morgan fingerprint density at radius 2 is 1.92 bits per heavy atom. The van der Waals surface area contributed by atoms with E-state index in [4.69, 9.17) is 25.8 Å². The van der Waals surface area contributed by atoms with Gasteiger partial charge in [0.15, 0.2) is 0 Å². The maximum atomic E-state index is 12.7. The molecule has 1 aliphatic rings. The fraction of sp³-hybridized carbons (Fsp3) is 0.556. The van der Waals surface area contributed by atoms with Gasteiger partial charge in [-0.25, -0.2) is 0 Å². The smallest absolute Gasteiger partial charge is 0.239 e. The molecule has 0 aromatic heterocycles. The van der Waals surface area contributed by atoms with E-state index >= 15 is 0 Å². The zero-order chi connectivity index (χ0) is 19.3. The number of carbonyl (C=O) groups excluding carboxylic acids is 2. The van der Waals surface area contributed by atoms with Gasteiger partial charge in [0.05, 0.1) is 31.0 Å². The normalized spacial score (nSPS) is 16.9. The second kappa shape index (κ2) is 8.60. The van der Waals surface area contributed by atoms with Gasteiger partial charge >= 0.3 is 0 Å². The highest BCUT2D eigenvalue weighted by atomic mass is 35.5. The number of nitrogens with one attached hydrogen (secondary N) is 2. The van der Waals surface area contributed by atoms with E-state index in [1.54, 1.807) is 26.0 Å². The second-order valence-corrected chi connectivity index (χ2v) is 7.02. The lowest BCUT2D eigenvalue weighted by atomic mass is 9.90. The Balaban J connectivity index is 2.08. The summed E-state index contributed by atoms with van der Waals surface area (Å²) >= 11 is 6.07. The SMILES string of the molecule is COc1cc(NC(=O)C(C)(C)C(=O)NCC2CCCO2)c(OC)cc1Cl. The Morgan fingerprint density at radius 3 is 2.50 bits per heavy atom. The van der Waals surface area contributed by atoms with E-state index in [-0.39, 0.29) is 12.0 Å². The van der Waals surface area contributed by atoms with Crippen molar-refractivity contribution in [2.45, 2.75) is 32.8 Å². The molecule has 7 nitrogen and oxygen atoms in total. The minimum absolute atomic E-state index is 0.0124. The first-order valence-corrected chi connectivity index (χ1v) is 8.80. The molecule has 8 heteroatoms. The van der Waals surface area contributed by atoms with Crippen molar-refractivity contribution < 1.29 is 23.8 Å². The quantitative estimate of drug-likeness (QED) is 0.706. The van der Waals surface area contributed by atoms with E-state index in [1.807, 2.05) is 0 Å². The largest absolute Gasteiger partial charge is 0.495 e. The minimum Gasteiger partial charge on any atom is -0.495 e. The molecule has 144 valence electrons. The van der Waals surface area contributed by atoms with Crippen LogP contribution in [0.15, 0.2) is 12.1 Å². The first kappa shape index (κ1) is 20.3. The van der Waals surface area contributed by atoms with Crippen LogP contribution in [0.2, 0.25) is 5.02 Å². The fourth-order valence-electron chi connectivity index (χ4n) is 2.57. The molecular formula is C18H25ClN2O5. The van der Waals surface area contributed by atoms with Crippen molar-refractivity contribution in [1.82, 2.24) is 5.32 Å². The number of hydrogen-bond acceptors (Lipinski definition) is 5. The second-order valence-electron chi connectivity index (χ2n) is 6.61. The lowest BCUT2D eigenvalue weighted by molar-refractivity contribution is -0.138. The first-order chi connectivity index (χ1) is 12.3. The predicted octanol–water partition coefficient (Wildman–Crippen LogP) is 2.62. The highest BCUT2D eigenvalue weighted by molar-refractivity contribution is 6.32. The number of benzene rings is 1. The van der Waals surface area contributed by atoms with Crippen LogP contribution in [-0.4, -0.2) is 45.3 Å². The van der Waals surface area contributed by atoms with Crippen LogP contribution in [0.25, 0.3) is 0 Å². The van der Waals surface area contributed by atoms with E-state index in [0.29, 0.717) is 35.4 Å². The van der Waals surface area contributed by atoms with Crippen molar-refractivity contribution in [1.29, 1.82) is 0 Å². The van der Waals surface area contributed by atoms with E-state index < -0.39 is 11.3 Å². The number of hydrogen-bond donors (Lipinski definition) is 2. The van der Waals surface area contributed by atoms with Crippen molar-refractivity contribution >= 4 is 29.1 Å². The number of halogens is 1. The van der Waals surface area contributed by atoms with Gasteiger partial charge in [-0.2, -0.15) is 0 Å². The molecule has 0 bridgehead atoms. The van der Waals surface area contributed by atoms with Crippen molar-refractivity contribution in [2.24, 2.45) is 5.41 Å². The van der Waals surface area contributed by atoms with Crippen LogP contribution >= 0.6 is 11.6 Å². The highest BCUT2D eigenvalue weighted by Crippen LogP contribution is 2.36. The molecule has 0 radical (unpaired) electrons. The summed E-state index contributed by atoms with van der Waals surface area (Å²) in [6.45, 7) is 4.23. The lowest BCUT2D eigenvalue weighted by Gasteiger charge is -2.24.